The van der Waals surface area contributed by atoms with E-state index in [4.69, 9.17) is 10.5 Å². The van der Waals surface area contributed by atoms with Crippen LogP contribution < -0.4 is 15.8 Å². The van der Waals surface area contributed by atoms with Crippen LogP contribution in [0.1, 0.15) is 15.9 Å². The molecule has 0 saturated carbocycles. The number of hydrogen-bond donors (Lipinski definition) is 2. The molecular formula is C15H15N3O2. The summed E-state index contributed by atoms with van der Waals surface area (Å²) in [7, 11) is 0. The number of nitrogens with zero attached hydrogens (tertiary/aromatic N) is 1. The highest BCUT2D eigenvalue weighted by molar-refractivity contribution is 6.03. The first-order valence-corrected chi connectivity index (χ1v) is 6.41. The van der Waals surface area contributed by atoms with Gasteiger partial charge < -0.3 is 15.8 Å². The SMILES string of the molecule is Cc1cnc(N)c(C(=O)C2CNc3ccccc3O2)c1. The molecule has 20 heavy (non-hydrogen) atoms. The van der Waals surface area contributed by atoms with E-state index in [-0.39, 0.29) is 11.6 Å². The van der Waals surface area contributed by atoms with Gasteiger partial charge in [0.25, 0.3) is 0 Å². The number of rotatable bonds is 2. The van der Waals surface area contributed by atoms with Crippen molar-refractivity contribution in [1.82, 2.24) is 4.98 Å². The van der Waals surface area contributed by atoms with Crippen molar-refractivity contribution >= 4 is 17.3 Å². The average molecular weight is 269 g/mol. The number of Topliss-reactive ketones (excluding diaryl/α,β-unsaturated/α-hetero) is 1. The number of ketones is 1. The van der Waals surface area contributed by atoms with Crippen LogP contribution in [-0.2, 0) is 0 Å². The summed E-state index contributed by atoms with van der Waals surface area (Å²) >= 11 is 0. The molecule has 1 aliphatic rings. The predicted molar refractivity (Wildman–Crippen MR) is 77.1 cm³/mol. The van der Waals surface area contributed by atoms with E-state index >= 15 is 0 Å². The van der Waals surface area contributed by atoms with Gasteiger partial charge >= 0.3 is 0 Å². The number of nitrogen functional groups attached to an aromatic ring is 1. The van der Waals surface area contributed by atoms with Crippen LogP contribution in [0.4, 0.5) is 11.5 Å². The van der Waals surface area contributed by atoms with E-state index in [2.05, 4.69) is 10.3 Å². The normalized spacial score (nSPS) is 16.8. The number of nitrogens with two attached hydrogens (primary N) is 1. The number of nitrogens with one attached hydrogen (secondary N) is 1. The smallest absolute Gasteiger partial charge is 0.208 e. The molecule has 3 N–H and O–H groups in total. The third-order valence-electron chi connectivity index (χ3n) is 3.25. The Balaban J connectivity index is 1.88. The van der Waals surface area contributed by atoms with Crippen molar-refractivity contribution in [3.05, 3.63) is 47.7 Å². The zero-order valence-electron chi connectivity index (χ0n) is 11.1. The molecule has 0 bridgehead atoms. The van der Waals surface area contributed by atoms with Crippen LogP contribution >= 0.6 is 0 Å². The molecule has 0 saturated heterocycles. The third kappa shape index (κ3) is 2.18. The van der Waals surface area contributed by atoms with Crippen LogP contribution in [0.5, 0.6) is 5.75 Å². The maximum Gasteiger partial charge on any atom is 0.208 e. The van der Waals surface area contributed by atoms with Gasteiger partial charge in [-0.05, 0) is 30.7 Å². The second-order valence-corrected chi connectivity index (χ2v) is 4.79. The van der Waals surface area contributed by atoms with E-state index in [1.807, 2.05) is 31.2 Å². The van der Waals surface area contributed by atoms with Gasteiger partial charge in [0.1, 0.15) is 11.6 Å². The van der Waals surface area contributed by atoms with Gasteiger partial charge in [0, 0.05) is 6.20 Å². The lowest BCUT2D eigenvalue weighted by Gasteiger charge is -2.26. The monoisotopic (exact) mass is 269 g/mol. The Morgan fingerprint density at radius 1 is 1.45 bits per heavy atom. The van der Waals surface area contributed by atoms with Gasteiger partial charge in [-0.2, -0.15) is 0 Å². The minimum Gasteiger partial charge on any atom is -0.478 e. The largest absolute Gasteiger partial charge is 0.478 e. The maximum atomic E-state index is 12.5. The van der Waals surface area contributed by atoms with Gasteiger partial charge in [0.05, 0.1) is 17.8 Å². The van der Waals surface area contributed by atoms with Crippen molar-refractivity contribution in [3.8, 4) is 5.75 Å². The summed E-state index contributed by atoms with van der Waals surface area (Å²) in [6.45, 7) is 2.29. The van der Waals surface area contributed by atoms with Crippen molar-refractivity contribution in [1.29, 1.82) is 0 Å². The highest BCUT2D eigenvalue weighted by atomic mass is 16.5. The molecule has 2 heterocycles. The first-order valence-electron chi connectivity index (χ1n) is 6.41. The van der Waals surface area contributed by atoms with Gasteiger partial charge in [-0.1, -0.05) is 12.1 Å². The molecule has 102 valence electrons. The lowest BCUT2D eigenvalue weighted by Crippen LogP contribution is -2.38. The number of hydrogen-bond acceptors (Lipinski definition) is 5. The van der Waals surface area contributed by atoms with E-state index in [9.17, 15) is 4.79 Å². The first kappa shape index (κ1) is 12.5. The Kier molecular flexibility index (Phi) is 3.02. The molecule has 2 aromatic rings. The fourth-order valence-electron chi connectivity index (χ4n) is 2.21. The zero-order chi connectivity index (χ0) is 14.1. The van der Waals surface area contributed by atoms with E-state index < -0.39 is 6.10 Å². The molecule has 5 nitrogen and oxygen atoms in total. The molecule has 0 spiro atoms. The number of para-hydroxylation sites is 2. The number of carbonyl (C=O) groups excluding carboxylic acids is 1. The predicted octanol–water partition coefficient (Wildman–Crippen LogP) is 2.03. The minimum absolute atomic E-state index is 0.152. The summed E-state index contributed by atoms with van der Waals surface area (Å²) in [5, 5.41) is 3.19. The number of anilines is 2. The van der Waals surface area contributed by atoms with E-state index in [0.29, 0.717) is 17.9 Å². The molecule has 0 radical (unpaired) electrons. The van der Waals surface area contributed by atoms with Crippen molar-refractivity contribution in [3.63, 3.8) is 0 Å². The molecule has 0 fully saturated rings. The number of fused-ring (bicyclic) bond motifs is 1. The van der Waals surface area contributed by atoms with Gasteiger partial charge in [-0.15, -0.1) is 0 Å². The fourth-order valence-corrected chi connectivity index (χ4v) is 2.21. The molecule has 1 aromatic heterocycles. The summed E-state index contributed by atoms with van der Waals surface area (Å²) in [5.74, 6) is 0.764. The zero-order valence-corrected chi connectivity index (χ0v) is 11.1. The van der Waals surface area contributed by atoms with Crippen molar-refractivity contribution in [2.45, 2.75) is 13.0 Å². The summed E-state index contributed by atoms with van der Waals surface area (Å²) in [5.41, 5.74) is 7.99. The quantitative estimate of drug-likeness (QED) is 0.816. The Morgan fingerprint density at radius 2 is 2.25 bits per heavy atom. The third-order valence-corrected chi connectivity index (χ3v) is 3.25. The van der Waals surface area contributed by atoms with Gasteiger partial charge in [0.15, 0.2) is 6.10 Å². The Bertz CT molecular complexity index is 670. The van der Waals surface area contributed by atoms with Crippen molar-refractivity contribution in [2.24, 2.45) is 0 Å². The van der Waals surface area contributed by atoms with Crippen LogP contribution in [0.3, 0.4) is 0 Å². The highest BCUT2D eigenvalue weighted by Crippen LogP contribution is 2.29. The fraction of sp³-hybridized carbons (Fsp3) is 0.200. The van der Waals surface area contributed by atoms with E-state index in [1.54, 1.807) is 12.3 Å². The summed E-state index contributed by atoms with van der Waals surface area (Å²) in [6.07, 6.45) is 1.05. The molecule has 1 atom stereocenters. The van der Waals surface area contributed by atoms with E-state index in [0.717, 1.165) is 11.3 Å². The maximum absolute atomic E-state index is 12.5. The lowest BCUT2D eigenvalue weighted by atomic mass is 10.0. The second-order valence-electron chi connectivity index (χ2n) is 4.79. The molecule has 0 amide bonds. The molecule has 1 aliphatic heterocycles. The lowest BCUT2D eigenvalue weighted by molar-refractivity contribution is 0.0802. The number of benzene rings is 1. The number of aryl methyl sites for hydroxylation is 1. The molecule has 1 unspecified atom stereocenters. The Hall–Kier alpha value is -2.56. The molecule has 5 heteroatoms. The molecule has 1 aromatic carbocycles. The number of ether oxygens (including phenoxy) is 1. The van der Waals surface area contributed by atoms with Crippen LogP contribution in [0.2, 0.25) is 0 Å². The highest BCUT2D eigenvalue weighted by Gasteiger charge is 2.28. The number of aromatic nitrogens is 1. The molecule has 3 rings (SSSR count). The van der Waals surface area contributed by atoms with Gasteiger partial charge in [0.2, 0.25) is 5.78 Å². The molecule has 0 aliphatic carbocycles. The first-order chi connectivity index (χ1) is 9.65. The Labute approximate surface area is 116 Å². The van der Waals surface area contributed by atoms with Crippen molar-refractivity contribution < 1.29 is 9.53 Å². The number of pyridine rings is 1. The summed E-state index contributed by atoms with van der Waals surface area (Å²) < 4.78 is 5.75. The van der Waals surface area contributed by atoms with Crippen molar-refractivity contribution in [2.75, 3.05) is 17.6 Å². The summed E-state index contributed by atoms with van der Waals surface area (Å²) in [4.78, 5) is 16.5. The van der Waals surface area contributed by atoms with Crippen LogP contribution in [0.25, 0.3) is 0 Å². The van der Waals surface area contributed by atoms with Crippen LogP contribution in [0.15, 0.2) is 36.5 Å². The van der Waals surface area contributed by atoms with Gasteiger partial charge in [-0.25, -0.2) is 4.98 Å². The number of carbonyl (C=O) groups is 1. The van der Waals surface area contributed by atoms with Crippen LogP contribution in [-0.4, -0.2) is 23.4 Å². The van der Waals surface area contributed by atoms with Crippen LogP contribution in [0, 0.1) is 6.92 Å². The Morgan fingerprint density at radius 3 is 3.10 bits per heavy atom. The molecular weight excluding hydrogens is 254 g/mol. The second kappa shape index (κ2) is 4.85. The van der Waals surface area contributed by atoms with Gasteiger partial charge in [-0.3, -0.25) is 4.79 Å². The minimum atomic E-state index is -0.587. The standard InChI is InChI=1S/C15H15N3O2/c1-9-6-10(15(16)18-7-9)14(19)13-8-17-11-4-2-3-5-12(11)20-13/h2-7,13,17H,8H2,1H3,(H2,16,18). The average Bonchev–Trinajstić information content (AvgIpc) is 2.48. The van der Waals surface area contributed by atoms with E-state index in [1.165, 1.54) is 0 Å². The summed E-state index contributed by atoms with van der Waals surface area (Å²) in [6, 6.07) is 9.28. The topological polar surface area (TPSA) is 77.2 Å².